The second kappa shape index (κ2) is 23.9. The average molecular weight is 424 g/mol. The van der Waals surface area contributed by atoms with E-state index >= 15 is 0 Å². The van der Waals surface area contributed by atoms with Gasteiger partial charge in [0.2, 0.25) is 0 Å². The Hall–Kier alpha value is -0.140. The van der Waals surface area contributed by atoms with E-state index in [0.717, 1.165) is 18.8 Å². The standard InChI is InChI=1S/C17H33NO3S2.2C2H6/c1-7-16(8-2)18(15-17(3,4)23-22-6)9-10-20-13-14-21-12-11-19-5;2*1-2/h7-8H,1,9-15H2,2-6H3;2*1-2H3/b16-8+;;. The van der Waals surface area contributed by atoms with Gasteiger partial charge in [0.1, 0.15) is 0 Å². The van der Waals surface area contributed by atoms with E-state index in [0.29, 0.717) is 33.0 Å². The summed E-state index contributed by atoms with van der Waals surface area (Å²) in [6.07, 6.45) is 6.13. The molecule has 0 aliphatic heterocycles. The van der Waals surface area contributed by atoms with Gasteiger partial charge in [-0.1, -0.05) is 61.9 Å². The van der Waals surface area contributed by atoms with Gasteiger partial charge in [0.25, 0.3) is 0 Å². The number of methoxy groups -OCH3 is 1. The van der Waals surface area contributed by atoms with Crippen molar-refractivity contribution in [1.29, 1.82) is 0 Å². The summed E-state index contributed by atoms with van der Waals surface area (Å²) >= 11 is 0. The lowest BCUT2D eigenvalue weighted by atomic mass is 10.1. The highest BCUT2D eigenvalue weighted by Gasteiger charge is 2.22. The van der Waals surface area contributed by atoms with Crippen molar-refractivity contribution in [3.8, 4) is 0 Å². The summed E-state index contributed by atoms with van der Waals surface area (Å²) in [5.41, 5.74) is 1.15. The first-order valence-electron chi connectivity index (χ1n) is 9.90. The summed E-state index contributed by atoms with van der Waals surface area (Å²) in [4.78, 5) is 2.34. The largest absolute Gasteiger partial charge is 0.382 e. The average Bonchev–Trinajstić information content (AvgIpc) is 2.67. The van der Waals surface area contributed by atoms with Crippen molar-refractivity contribution in [2.45, 2.75) is 53.2 Å². The summed E-state index contributed by atoms with van der Waals surface area (Å²) < 4.78 is 16.2. The Morgan fingerprint density at radius 1 is 1.00 bits per heavy atom. The van der Waals surface area contributed by atoms with Crippen molar-refractivity contribution in [3.63, 3.8) is 0 Å². The van der Waals surface area contributed by atoms with Crippen molar-refractivity contribution in [2.75, 3.05) is 59.5 Å². The van der Waals surface area contributed by atoms with Gasteiger partial charge in [-0.2, -0.15) is 0 Å². The predicted octanol–water partition coefficient (Wildman–Crippen LogP) is 5.90. The molecule has 0 rings (SSSR count). The van der Waals surface area contributed by atoms with E-state index in [4.69, 9.17) is 14.2 Å². The molecule has 0 heterocycles. The van der Waals surface area contributed by atoms with Crippen molar-refractivity contribution in [2.24, 2.45) is 0 Å². The first-order valence-corrected chi connectivity index (χ1v) is 12.5. The summed E-state index contributed by atoms with van der Waals surface area (Å²) in [6.45, 7) is 23.4. The summed E-state index contributed by atoms with van der Waals surface area (Å²) in [5, 5.41) is 0. The maximum Gasteiger partial charge on any atom is 0.0701 e. The first kappa shape index (κ1) is 31.6. The third-order valence-electron chi connectivity index (χ3n) is 3.06. The highest BCUT2D eigenvalue weighted by molar-refractivity contribution is 8.76. The molecule has 0 aromatic heterocycles. The van der Waals surface area contributed by atoms with Gasteiger partial charge in [0.05, 0.1) is 33.0 Å². The van der Waals surface area contributed by atoms with Gasteiger partial charge in [0.15, 0.2) is 0 Å². The highest BCUT2D eigenvalue weighted by atomic mass is 33.1. The topological polar surface area (TPSA) is 30.9 Å². The molecule has 0 aromatic carbocycles. The van der Waals surface area contributed by atoms with E-state index in [1.165, 1.54) is 0 Å². The van der Waals surface area contributed by atoms with E-state index in [1.807, 2.05) is 51.5 Å². The van der Waals surface area contributed by atoms with Crippen LogP contribution in [-0.4, -0.2) is 69.1 Å². The smallest absolute Gasteiger partial charge is 0.0701 e. The molecule has 0 amide bonds. The fourth-order valence-corrected chi connectivity index (χ4v) is 4.25. The minimum atomic E-state index is 0.167. The molecule has 164 valence electrons. The molecule has 0 saturated carbocycles. The normalized spacial score (nSPS) is 11.1. The number of allylic oxidation sites excluding steroid dienone is 2. The van der Waals surface area contributed by atoms with Crippen LogP contribution in [-0.2, 0) is 14.2 Å². The van der Waals surface area contributed by atoms with Crippen molar-refractivity contribution in [1.82, 2.24) is 4.90 Å². The zero-order valence-corrected chi connectivity index (χ0v) is 20.9. The second-order valence-electron chi connectivity index (χ2n) is 5.57. The minimum Gasteiger partial charge on any atom is -0.382 e. The van der Waals surface area contributed by atoms with Gasteiger partial charge in [0, 0.05) is 30.6 Å². The van der Waals surface area contributed by atoms with Crippen LogP contribution in [0.3, 0.4) is 0 Å². The number of rotatable bonds is 15. The van der Waals surface area contributed by atoms with E-state index in [-0.39, 0.29) is 4.75 Å². The third-order valence-corrected chi connectivity index (χ3v) is 5.66. The lowest BCUT2D eigenvalue weighted by Crippen LogP contribution is -2.37. The van der Waals surface area contributed by atoms with Crippen LogP contribution in [0, 0.1) is 0 Å². The SMILES string of the molecule is C=C/C(=C\C)N(CCOCCOCCOC)CC(C)(C)SSC.CC.CC. The van der Waals surface area contributed by atoms with Crippen LogP contribution in [0.1, 0.15) is 48.5 Å². The third kappa shape index (κ3) is 20.4. The summed E-state index contributed by atoms with van der Waals surface area (Å²) in [6, 6.07) is 0. The van der Waals surface area contributed by atoms with Crippen LogP contribution in [0.15, 0.2) is 24.4 Å². The predicted molar refractivity (Wildman–Crippen MR) is 127 cm³/mol. The zero-order valence-electron chi connectivity index (χ0n) is 19.3. The summed E-state index contributed by atoms with van der Waals surface area (Å²) in [5.74, 6) is 0. The molecule has 0 unspecified atom stereocenters. The number of ether oxygens (including phenoxy) is 3. The van der Waals surface area contributed by atoms with Crippen molar-refractivity contribution < 1.29 is 14.2 Å². The second-order valence-corrected chi connectivity index (χ2v) is 8.67. The molecule has 0 spiro atoms. The van der Waals surface area contributed by atoms with Crippen LogP contribution in [0.25, 0.3) is 0 Å². The van der Waals surface area contributed by atoms with Gasteiger partial charge in [-0.3, -0.25) is 0 Å². The molecule has 0 aromatic rings. The zero-order chi connectivity index (χ0) is 21.6. The van der Waals surface area contributed by atoms with Gasteiger partial charge in [-0.25, -0.2) is 0 Å². The molecule has 0 aliphatic carbocycles. The van der Waals surface area contributed by atoms with Crippen LogP contribution >= 0.6 is 21.6 Å². The monoisotopic (exact) mass is 423 g/mol. The number of nitrogens with zero attached hydrogens (tertiary/aromatic N) is 1. The Bertz CT molecular complexity index is 337. The summed E-state index contributed by atoms with van der Waals surface area (Å²) in [7, 11) is 5.37. The van der Waals surface area contributed by atoms with E-state index in [9.17, 15) is 0 Å². The van der Waals surface area contributed by atoms with E-state index < -0.39 is 0 Å². The van der Waals surface area contributed by atoms with E-state index in [2.05, 4.69) is 37.7 Å². The molecule has 0 saturated heterocycles. The fourth-order valence-electron chi connectivity index (χ4n) is 2.08. The lowest BCUT2D eigenvalue weighted by Gasteiger charge is -2.33. The molecule has 0 radical (unpaired) electrons. The molecule has 4 nitrogen and oxygen atoms in total. The molecule has 0 bridgehead atoms. The first-order chi connectivity index (χ1) is 13.0. The molecule has 0 aliphatic rings. The van der Waals surface area contributed by atoms with Crippen LogP contribution in [0.5, 0.6) is 0 Å². The minimum absolute atomic E-state index is 0.167. The quantitative estimate of drug-likeness (QED) is 0.185. The maximum atomic E-state index is 5.68. The molecule has 0 N–H and O–H groups in total. The van der Waals surface area contributed by atoms with E-state index in [1.54, 1.807) is 17.9 Å². The number of hydrogen-bond acceptors (Lipinski definition) is 6. The van der Waals surface area contributed by atoms with Crippen LogP contribution in [0.4, 0.5) is 0 Å². The Balaban J connectivity index is -0.00000134. The molecule has 0 atom stereocenters. The van der Waals surface area contributed by atoms with Crippen molar-refractivity contribution in [3.05, 3.63) is 24.4 Å². The molecular weight excluding hydrogens is 378 g/mol. The molecule has 0 fully saturated rings. The van der Waals surface area contributed by atoms with Gasteiger partial charge in [-0.15, -0.1) is 0 Å². The van der Waals surface area contributed by atoms with Crippen LogP contribution < -0.4 is 0 Å². The molecule has 27 heavy (non-hydrogen) atoms. The van der Waals surface area contributed by atoms with Crippen LogP contribution in [0.2, 0.25) is 0 Å². The van der Waals surface area contributed by atoms with Gasteiger partial charge < -0.3 is 19.1 Å². The van der Waals surface area contributed by atoms with Gasteiger partial charge in [-0.05, 0) is 33.1 Å². The number of hydrogen-bond donors (Lipinski definition) is 0. The van der Waals surface area contributed by atoms with Gasteiger partial charge >= 0.3 is 0 Å². The Morgan fingerprint density at radius 3 is 1.96 bits per heavy atom. The fraction of sp³-hybridized carbons (Fsp3) is 0.810. The maximum absolute atomic E-state index is 5.68. The van der Waals surface area contributed by atoms with Crippen molar-refractivity contribution >= 4 is 21.6 Å². The molecular formula is C21H45NO3S2. The molecule has 6 heteroatoms. The Labute approximate surface area is 177 Å². The Kier molecular flexibility index (Phi) is 27.9. The highest BCUT2D eigenvalue weighted by Crippen LogP contribution is 2.34. The Morgan fingerprint density at radius 2 is 1.52 bits per heavy atom. The lowest BCUT2D eigenvalue weighted by molar-refractivity contribution is 0.0211.